The zero-order chi connectivity index (χ0) is 20.2. The highest BCUT2D eigenvalue weighted by atomic mass is 32.2. The monoisotopic (exact) mass is 385 g/mol. The second kappa shape index (κ2) is 8.50. The van der Waals surface area contributed by atoms with Crippen LogP contribution in [0.3, 0.4) is 0 Å². The Morgan fingerprint density at radius 1 is 1.15 bits per heavy atom. The predicted octanol–water partition coefficient (Wildman–Crippen LogP) is 2.82. The maximum atomic E-state index is 12.1. The van der Waals surface area contributed by atoms with Gasteiger partial charge in [0.1, 0.15) is 5.60 Å². The number of aliphatic hydroxyl groups is 1. The van der Waals surface area contributed by atoms with Crippen LogP contribution in [-0.4, -0.2) is 37.7 Å². The standard InChI is InChI=1S/C14H21NO3S.C5H10O2/c1-14(2,3)15-19(17,18)12-6-4-10(5-7-12)13-8-11(13)9-16;1-5(2,3)7-4-6/h4-7,11,13,15-16H,8-9H2,1-3H3;4H,1-3H3/t11-,13-;/m1./s1. The van der Waals surface area contributed by atoms with Crippen molar-refractivity contribution in [2.24, 2.45) is 5.92 Å². The van der Waals surface area contributed by atoms with Crippen LogP contribution in [0.2, 0.25) is 0 Å². The van der Waals surface area contributed by atoms with Crippen LogP contribution >= 0.6 is 0 Å². The number of ether oxygens (including phenoxy) is 1. The Labute approximate surface area is 157 Å². The molecule has 26 heavy (non-hydrogen) atoms. The number of rotatable bonds is 5. The largest absolute Gasteiger partial charge is 0.462 e. The average molecular weight is 386 g/mol. The molecule has 0 aliphatic heterocycles. The summed E-state index contributed by atoms with van der Waals surface area (Å²) in [6.45, 7) is 11.6. The number of benzene rings is 1. The van der Waals surface area contributed by atoms with Gasteiger partial charge in [0.2, 0.25) is 10.0 Å². The summed E-state index contributed by atoms with van der Waals surface area (Å²) in [5, 5.41) is 9.04. The molecule has 0 unspecified atom stereocenters. The molecule has 6 nitrogen and oxygen atoms in total. The molecule has 1 aliphatic rings. The summed E-state index contributed by atoms with van der Waals surface area (Å²) in [7, 11) is -3.46. The fraction of sp³-hybridized carbons (Fsp3) is 0.632. The Hall–Kier alpha value is -1.44. The van der Waals surface area contributed by atoms with Crippen LogP contribution in [0.15, 0.2) is 29.2 Å². The molecule has 0 amide bonds. The van der Waals surface area contributed by atoms with Crippen molar-refractivity contribution in [2.45, 2.75) is 69.9 Å². The minimum Gasteiger partial charge on any atom is -0.462 e. The third-order valence-corrected chi connectivity index (χ3v) is 5.39. The lowest BCUT2D eigenvalue weighted by Gasteiger charge is -2.20. The van der Waals surface area contributed by atoms with Crippen LogP contribution in [0.4, 0.5) is 0 Å². The van der Waals surface area contributed by atoms with Crippen molar-refractivity contribution in [3.63, 3.8) is 0 Å². The van der Waals surface area contributed by atoms with Gasteiger partial charge in [-0.25, -0.2) is 13.1 Å². The van der Waals surface area contributed by atoms with Crippen LogP contribution in [0.25, 0.3) is 0 Å². The van der Waals surface area contributed by atoms with E-state index in [9.17, 15) is 13.2 Å². The maximum Gasteiger partial charge on any atom is 0.293 e. The fourth-order valence-electron chi connectivity index (χ4n) is 2.36. The summed E-state index contributed by atoms with van der Waals surface area (Å²) in [5.41, 5.74) is 0.298. The summed E-state index contributed by atoms with van der Waals surface area (Å²) in [5.74, 6) is 0.729. The average Bonchev–Trinajstić information content (AvgIpc) is 3.24. The van der Waals surface area contributed by atoms with E-state index in [2.05, 4.69) is 9.46 Å². The highest BCUT2D eigenvalue weighted by Gasteiger charge is 2.37. The summed E-state index contributed by atoms with van der Waals surface area (Å²) in [6.07, 6.45) is 0.989. The number of hydrogen-bond donors (Lipinski definition) is 2. The summed E-state index contributed by atoms with van der Waals surface area (Å²) < 4.78 is 31.4. The molecule has 1 aliphatic carbocycles. The second-order valence-corrected chi connectivity index (χ2v) is 10.2. The molecule has 148 valence electrons. The van der Waals surface area contributed by atoms with E-state index in [-0.39, 0.29) is 17.1 Å². The summed E-state index contributed by atoms with van der Waals surface area (Å²) in [6, 6.07) is 6.96. The number of aliphatic hydroxyl groups excluding tert-OH is 1. The van der Waals surface area contributed by atoms with Gasteiger partial charge in [0, 0.05) is 12.1 Å². The summed E-state index contributed by atoms with van der Waals surface area (Å²) in [4.78, 5) is 9.88. The zero-order valence-electron chi connectivity index (χ0n) is 16.4. The topological polar surface area (TPSA) is 92.7 Å². The highest BCUT2D eigenvalue weighted by molar-refractivity contribution is 7.89. The molecular weight excluding hydrogens is 354 g/mol. The Balaban J connectivity index is 0.000000412. The highest BCUT2D eigenvalue weighted by Crippen LogP contribution is 2.46. The van der Waals surface area contributed by atoms with Gasteiger partial charge in [0.05, 0.1) is 4.90 Å². The predicted molar refractivity (Wildman–Crippen MR) is 101 cm³/mol. The van der Waals surface area contributed by atoms with Crippen LogP contribution < -0.4 is 4.72 Å². The maximum absolute atomic E-state index is 12.1. The van der Waals surface area contributed by atoms with Gasteiger partial charge in [-0.2, -0.15) is 0 Å². The normalized spacial score (nSPS) is 20.0. The SMILES string of the molecule is CC(C)(C)NS(=O)(=O)c1ccc([C@H]2C[C@@H]2CO)cc1.CC(C)(C)OC=O. The van der Waals surface area contributed by atoms with Crippen LogP contribution in [0, 0.1) is 5.92 Å². The number of sulfonamides is 1. The van der Waals surface area contributed by atoms with E-state index in [0.29, 0.717) is 18.3 Å². The number of nitrogens with one attached hydrogen (secondary N) is 1. The number of hydrogen-bond acceptors (Lipinski definition) is 5. The molecule has 7 heteroatoms. The van der Waals surface area contributed by atoms with E-state index in [4.69, 9.17) is 5.11 Å². The molecule has 1 aromatic carbocycles. The number of carbonyl (C=O) groups is 1. The molecule has 0 heterocycles. The van der Waals surface area contributed by atoms with Gasteiger partial charge in [-0.3, -0.25) is 4.79 Å². The van der Waals surface area contributed by atoms with Gasteiger partial charge < -0.3 is 9.84 Å². The van der Waals surface area contributed by atoms with Gasteiger partial charge in [0.15, 0.2) is 0 Å². The number of carbonyl (C=O) groups excluding carboxylic acids is 1. The van der Waals surface area contributed by atoms with Gasteiger partial charge in [0.25, 0.3) is 6.47 Å². The van der Waals surface area contributed by atoms with Gasteiger partial charge in [-0.05, 0) is 77.5 Å². The van der Waals surface area contributed by atoms with Gasteiger partial charge in [-0.15, -0.1) is 0 Å². The Bertz CT molecular complexity index is 684. The molecule has 0 saturated heterocycles. The third kappa shape index (κ3) is 7.85. The minimum absolute atomic E-state index is 0.205. The first-order chi connectivity index (χ1) is 11.8. The Kier molecular flexibility index (Phi) is 7.39. The molecule has 1 aromatic rings. The lowest BCUT2D eigenvalue weighted by atomic mass is 10.1. The van der Waals surface area contributed by atoms with Crippen molar-refractivity contribution >= 4 is 16.5 Å². The van der Waals surface area contributed by atoms with Crippen molar-refractivity contribution in [1.29, 1.82) is 0 Å². The first-order valence-corrected chi connectivity index (χ1v) is 10.1. The van der Waals surface area contributed by atoms with E-state index in [0.717, 1.165) is 12.0 Å². The van der Waals surface area contributed by atoms with Crippen LogP contribution in [0.1, 0.15) is 59.4 Å². The molecule has 0 bridgehead atoms. The lowest BCUT2D eigenvalue weighted by molar-refractivity contribution is -0.138. The van der Waals surface area contributed by atoms with E-state index in [1.807, 2.05) is 53.7 Å². The second-order valence-electron chi connectivity index (χ2n) is 8.54. The third-order valence-electron chi connectivity index (χ3n) is 3.62. The molecule has 1 fully saturated rings. The smallest absolute Gasteiger partial charge is 0.293 e. The Morgan fingerprint density at radius 3 is 2.00 bits per heavy atom. The van der Waals surface area contributed by atoms with E-state index >= 15 is 0 Å². The first-order valence-electron chi connectivity index (χ1n) is 8.65. The van der Waals surface area contributed by atoms with Gasteiger partial charge >= 0.3 is 0 Å². The Morgan fingerprint density at radius 2 is 1.69 bits per heavy atom. The minimum atomic E-state index is -3.46. The van der Waals surface area contributed by atoms with E-state index in [1.165, 1.54) is 0 Å². The molecule has 0 spiro atoms. The molecular formula is C19H31NO5S. The molecule has 0 aromatic heterocycles. The lowest BCUT2D eigenvalue weighted by Crippen LogP contribution is -2.40. The molecule has 1 saturated carbocycles. The molecule has 0 radical (unpaired) electrons. The van der Waals surface area contributed by atoms with Crippen molar-refractivity contribution in [3.8, 4) is 0 Å². The fourth-order valence-corrected chi connectivity index (χ4v) is 3.78. The zero-order valence-corrected chi connectivity index (χ0v) is 17.3. The van der Waals surface area contributed by atoms with E-state index in [1.54, 1.807) is 12.1 Å². The molecule has 2 atom stereocenters. The van der Waals surface area contributed by atoms with Crippen molar-refractivity contribution in [3.05, 3.63) is 29.8 Å². The molecule has 2 N–H and O–H groups in total. The summed E-state index contributed by atoms with van der Waals surface area (Å²) >= 11 is 0. The van der Waals surface area contributed by atoms with Crippen molar-refractivity contribution < 1.29 is 23.1 Å². The molecule has 2 rings (SSSR count). The first kappa shape index (κ1) is 22.6. The quantitative estimate of drug-likeness (QED) is 0.760. The van der Waals surface area contributed by atoms with Crippen LogP contribution in [0.5, 0.6) is 0 Å². The van der Waals surface area contributed by atoms with E-state index < -0.39 is 15.6 Å². The van der Waals surface area contributed by atoms with Crippen molar-refractivity contribution in [2.75, 3.05) is 6.61 Å². The van der Waals surface area contributed by atoms with Gasteiger partial charge in [-0.1, -0.05) is 12.1 Å². The van der Waals surface area contributed by atoms with Crippen LogP contribution in [-0.2, 0) is 19.6 Å². The van der Waals surface area contributed by atoms with Crippen molar-refractivity contribution in [1.82, 2.24) is 4.72 Å².